The maximum absolute atomic E-state index is 12.5. The molecular weight excluding hydrogens is 323 g/mol. The number of benzene rings is 1. The molecule has 0 bridgehead atoms. The number of nitrogens with zero attached hydrogens (tertiary/aromatic N) is 4. The molecule has 3 rings (SSSR count). The number of rotatable bonds is 3. The van der Waals surface area contributed by atoms with Crippen LogP contribution in [0.4, 0.5) is 0 Å². The molecule has 1 unspecified atom stereocenters. The average molecular weight is 339 g/mol. The van der Waals surface area contributed by atoms with Crippen LogP contribution in [-0.4, -0.2) is 32.3 Å². The Balaban J connectivity index is 1.73. The maximum atomic E-state index is 12.5. The second-order valence-corrected chi connectivity index (χ2v) is 6.21. The Hall–Kier alpha value is -1.59. The second kappa shape index (κ2) is 6.26. The number of amides is 1. The fraction of sp³-hybridized carbons (Fsp3) is 0.400. The van der Waals surface area contributed by atoms with Crippen LogP contribution < -0.4 is 0 Å². The summed E-state index contributed by atoms with van der Waals surface area (Å²) in [5.74, 6) is 0.111. The van der Waals surface area contributed by atoms with Gasteiger partial charge in [0, 0.05) is 19.2 Å². The summed E-state index contributed by atoms with van der Waals surface area (Å²) in [5.41, 5.74) is 2.25. The molecule has 1 atom stereocenters. The number of hydrogen-bond donors (Lipinski definition) is 0. The lowest BCUT2D eigenvalue weighted by atomic mass is 9.93. The predicted molar refractivity (Wildman–Crippen MR) is 84.9 cm³/mol. The molecule has 0 spiro atoms. The van der Waals surface area contributed by atoms with E-state index in [9.17, 15) is 4.79 Å². The topological polar surface area (TPSA) is 51.0 Å². The van der Waals surface area contributed by atoms with Crippen molar-refractivity contribution in [3.63, 3.8) is 0 Å². The van der Waals surface area contributed by atoms with Gasteiger partial charge in [-0.3, -0.25) is 9.48 Å². The van der Waals surface area contributed by atoms with Crippen molar-refractivity contribution in [2.45, 2.75) is 32.4 Å². The summed E-state index contributed by atoms with van der Waals surface area (Å²) in [6.07, 6.45) is 4.57. The van der Waals surface area contributed by atoms with Gasteiger partial charge < -0.3 is 4.90 Å². The third kappa shape index (κ3) is 2.96. The highest BCUT2D eigenvalue weighted by Gasteiger charge is 2.28. The largest absolute Gasteiger partial charge is 0.336 e. The van der Waals surface area contributed by atoms with Gasteiger partial charge in [-0.05, 0) is 36.6 Å². The molecule has 22 heavy (non-hydrogen) atoms. The number of aryl methyl sites for hydroxylation is 1. The van der Waals surface area contributed by atoms with Gasteiger partial charge in [0.1, 0.15) is 0 Å². The molecule has 116 valence electrons. The van der Waals surface area contributed by atoms with Crippen LogP contribution in [0.1, 0.15) is 30.5 Å². The normalized spacial score (nSPS) is 17.4. The van der Waals surface area contributed by atoms with E-state index in [0.717, 1.165) is 12.0 Å². The summed E-state index contributed by atoms with van der Waals surface area (Å²) in [4.78, 5) is 14.4. The molecule has 2 aromatic rings. The van der Waals surface area contributed by atoms with E-state index in [2.05, 4.69) is 10.3 Å². The molecule has 0 saturated heterocycles. The highest BCUT2D eigenvalue weighted by molar-refractivity contribution is 6.42. The lowest BCUT2D eigenvalue weighted by Gasteiger charge is -2.35. The zero-order valence-corrected chi connectivity index (χ0v) is 13.7. The smallest absolute Gasteiger partial charge is 0.224 e. The summed E-state index contributed by atoms with van der Waals surface area (Å²) in [6, 6.07) is 3.79. The van der Waals surface area contributed by atoms with Gasteiger partial charge in [0.05, 0.1) is 28.8 Å². The molecule has 1 amide bonds. The molecule has 0 radical (unpaired) electrons. The van der Waals surface area contributed by atoms with Gasteiger partial charge in [0.2, 0.25) is 5.91 Å². The molecule has 1 aliphatic heterocycles. The summed E-state index contributed by atoms with van der Waals surface area (Å²) in [5, 5.41) is 8.71. The van der Waals surface area contributed by atoms with Crippen LogP contribution in [-0.2, 0) is 17.8 Å². The maximum Gasteiger partial charge on any atom is 0.224 e. The number of fused-ring (bicyclic) bond motifs is 1. The minimum Gasteiger partial charge on any atom is -0.336 e. The van der Waals surface area contributed by atoms with E-state index in [1.165, 1.54) is 5.56 Å². The van der Waals surface area contributed by atoms with Gasteiger partial charge in [-0.15, -0.1) is 5.10 Å². The van der Waals surface area contributed by atoms with Gasteiger partial charge in [-0.25, -0.2) is 0 Å². The number of carbonyl (C=O) groups excluding carboxylic acids is 1. The number of carbonyl (C=O) groups is 1. The molecule has 0 saturated carbocycles. The number of hydrogen-bond acceptors (Lipinski definition) is 3. The van der Waals surface area contributed by atoms with Crippen LogP contribution in [0.5, 0.6) is 0 Å². The Morgan fingerprint density at radius 3 is 2.86 bits per heavy atom. The summed E-state index contributed by atoms with van der Waals surface area (Å²) in [7, 11) is 0. The molecule has 7 heteroatoms. The fourth-order valence-electron chi connectivity index (χ4n) is 2.86. The molecule has 0 N–H and O–H groups in total. The van der Waals surface area contributed by atoms with Gasteiger partial charge in [-0.1, -0.05) is 28.4 Å². The van der Waals surface area contributed by atoms with E-state index < -0.39 is 0 Å². The summed E-state index contributed by atoms with van der Waals surface area (Å²) in [6.45, 7) is 3.26. The van der Waals surface area contributed by atoms with Gasteiger partial charge in [-0.2, -0.15) is 0 Å². The highest BCUT2D eigenvalue weighted by Crippen LogP contribution is 2.35. The van der Waals surface area contributed by atoms with Crippen molar-refractivity contribution in [1.29, 1.82) is 0 Å². The quantitative estimate of drug-likeness (QED) is 0.863. The zero-order chi connectivity index (χ0) is 15.7. The first-order chi connectivity index (χ1) is 10.6. The SMILES string of the molecule is CC1c2cc(Cl)c(Cl)cc2CCN1C(=O)CCn1ccnn1. The molecular formula is C15H16Cl2N4O. The third-order valence-corrected chi connectivity index (χ3v) is 4.79. The predicted octanol–water partition coefficient (Wildman–Crippen LogP) is 3.12. The second-order valence-electron chi connectivity index (χ2n) is 5.39. The molecule has 1 aromatic heterocycles. The third-order valence-electron chi connectivity index (χ3n) is 4.07. The fourth-order valence-corrected chi connectivity index (χ4v) is 3.22. The first-order valence-electron chi connectivity index (χ1n) is 7.17. The van der Waals surface area contributed by atoms with E-state index in [0.29, 0.717) is 29.6 Å². The van der Waals surface area contributed by atoms with Gasteiger partial charge in [0.25, 0.3) is 0 Å². The van der Waals surface area contributed by atoms with Crippen LogP contribution >= 0.6 is 23.2 Å². The van der Waals surface area contributed by atoms with Crippen LogP contribution in [0.2, 0.25) is 10.0 Å². The monoisotopic (exact) mass is 338 g/mol. The van der Waals surface area contributed by atoms with E-state index in [4.69, 9.17) is 23.2 Å². The molecule has 5 nitrogen and oxygen atoms in total. The summed E-state index contributed by atoms with van der Waals surface area (Å²) >= 11 is 12.2. The van der Waals surface area contributed by atoms with Crippen molar-refractivity contribution in [2.75, 3.05) is 6.54 Å². The Kier molecular flexibility index (Phi) is 4.36. The highest BCUT2D eigenvalue weighted by atomic mass is 35.5. The average Bonchev–Trinajstić information content (AvgIpc) is 3.01. The molecule has 1 aromatic carbocycles. The molecule has 1 aliphatic rings. The van der Waals surface area contributed by atoms with Crippen molar-refractivity contribution in [1.82, 2.24) is 19.9 Å². The van der Waals surface area contributed by atoms with E-state index in [1.54, 1.807) is 17.1 Å². The van der Waals surface area contributed by atoms with E-state index >= 15 is 0 Å². The van der Waals surface area contributed by atoms with Gasteiger partial charge in [0.15, 0.2) is 0 Å². The Morgan fingerprint density at radius 2 is 2.14 bits per heavy atom. The standard InChI is InChI=1S/C15H16Cl2N4O/c1-10-12-9-14(17)13(16)8-11(12)2-6-21(10)15(22)3-5-20-7-4-18-19-20/h4,7-10H,2-3,5-6H2,1H3. The minimum atomic E-state index is 0.00163. The molecule has 2 heterocycles. The summed E-state index contributed by atoms with van der Waals surface area (Å²) < 4.78 is 1.66. The van der Waals surface area contributed by atoms with E-state index in [-0.39, 0.29) is 11.9 Å². The Labute approximate surface area is 138 Å². The van der Waals surface area contributed by atoms with Crippen LogP contribution in [0.25, 0.3) is 0 Å². The zero-order valence-electron chi connectivity index (χ0n) is 12.2. The minimum absolute atomic E-state index is 0.00163. The number of aromatic nitrogens is 3. The van der Waals surface area contributed by atoms with Crippen molar-refractivity contribution in [3.05, 3.63) is 45.7 Å². The van der Waals surface area contributed by atoms with Gasteiger partial charge >= 0.3 is 0 Å². The first kappa shape index (κ1) is 15.3. The van der Waals surface area contributed by atoms with E-state index in [1.807, 2.05) is 24.0 Å². The van der Waals surface area contributed by atoms with Crippen molar-refractivity contribution < 1.29 is 4.79 Å². The Bertz CT molecular complexity index is 687. The first-order valence-corrected chi connectivity index (χ1v) is 7.93. The van der Waals surface area contributed by atoms with Crippen LogP contribution in [0.3, 0.4) is 0 Å². The van der Waals surface area contributed by atoms with Crippen molar-refractivity contribution >= 4 is 29.1 Å². The van der Waals surface area contributed by atoms with Crippen molar-refractivity contribution in [3.8, 4) is 0 Å². The van der Waals surface area contributed by atoms with Crippen molar-refractivity contribution in [2.24, 2.45) is 0 Å². The Morgan fingerprint density at radius 1 is 1.36 bits per heavy atom. The van der Waals surface area contributed by atoms with Crippen LogP contribution in [0.15, 0.2) is 24.5 Å². The molecule has 0 aliphatic carbocycles. The lowest BCUT2D eigenvalue weighted by Crippen LogP contribution is -2.39. The molecule has 0 fully saturated rings. The number of halogens is 2. The lowest BCUT2D eigenvalue weighted by molar-refractivity contribution is -0.134. The van der Waals surface area contributed by atoms with Crippen LogP contribution in [0, 0.1) is 0 Å².